The smallest absolute Gasteiger partial charge is 0.297 e. The molecule has 0 unspecified atom stereocenters. The Morgan fingerprint density at radius 1 is 1.13 bits per heavy atom. The van der Waals surface area contributed by atoms with Gasteiger partial charge >= 0.3 is 0 Å². The molecule has 7 nitrogen and oxygen atoms in total. The molecular weight excluding hydrogens is 420 g/mol. The number of rotatable bonds is 9. The first-order valence-corrected chi connectivity index (χ1v) is 11.6. The maximum Gasteiger partial charge on any atom is 0.297 e. The molecule has 1 aliphatic heterocycles. The summed E-state index contributed by atoms with van der Waals surface area (Å²) in [5.74, 6) is -0.541. The Morgan fingerprint density at radius 3 is 2.45 bits per heavy atom. The van der Waals surface area contributed by atoms with Crippen LogP contribution in [0.5, 0.6) is 0 Å². The van der Waals surface area contributed by atoms with Crippen LogP contribution in [0.3, 0.4) is 0 Å². The molecule has 1 N–H and O–H groups in total. The van der Waals surface area contributed by atoms with E-state index in [0.717, 1.165) is 11.1 Å². The van der Waals surface area contributed by atoms with Crippen LogP contribution in [-0.4, -0.2) is 51.8 Å². The van der Waals surface area contributed by atoms with E-state index < -0.39 is 34.0 Å². The van der Waals surface area contributed by atoms with Crippen LogP contribution < -0.4 is 0 Å². The van der Waals surface area contributed by atoms with Crippen molar-refractivity contribution in [2.75, 3.05) is 20.3 Å². The summed E-state index contributed by atoms with van der Waals surface area (Å²) >= 11 is 0. The predicted octanol–water partition coefficient (Wildman–Crippen LogP) is 3.05. The molecule has 1 aliphatic rings. The monoisotopic (exact) mass is 450 g/mol. The van der Waals surface area contributed by atoms with Gasteiger partial charge in [0.1, 0.15) is 6.10 Å². The lowest BCUT2D eigenvalue weighted by Gasteiger charge is -2.45. The van der Waals surface area contributed by atoms with E-state index in [4.69, 9.17) is 18.4 Å². The van der Waals surface area contributed by atoms with Crippen LogP contribution in [0.25, 0.3) is 0 Å². The summed E-state index contributed by atoms with van der Waals surface area (Å²) in [6.07, 6.45) is -1.37. The average molecular weight is 451 g/mol. The van der Waals surface area contributed by atoms with Gasteiger partial charge in [0.05, 0.1) is 23.7 Å². The van der Waals surface area contributed by atoms with Gasteiger partial charge in [-0.1, -0.05) is 48.0 Å². The van der Waals surface area contributed by atoms with Crippen molar-refractivity contribution in [1.29, 1.82) is 0 Å². The molecule has 0 radical (unpaired) electrons. The van der Waals surface area contributed by atoms with Crippen molar-refractivity contribution >= 4 is 10.1 Å². The summed E-state index contributed by atoms with van der Waals surface area (Å²) in [5, 5.41) is 11.3. The molecular formula is C23H30O7S. The minimum Gasteiger partial charge on any atom is -0.387 e. The molecule has 2 aromatic carbocycles. The zero-order valence-corrected chi connectivity index (χ0v) is 18.9. The van der Waals surface area contributed by atoms with Crippen molar-refractivity contribution < 1.29 is 31.9 Å². The van der Waals surface area contributed by atoms with Crippen LogP contribution in [-0.2, 0) is 35.1 Å². The lowest BCUT2D eigenvalue weighted by molar-refractivity contribution is -0.271. The third-order valence-corrected chi connectivity index (χ3v) is 6.95. The van der Waals surface area contributed by atoms with Crippen molar-refractivity contribution in [3.63, 3.8) is 0 Å². The lowest BCUT2D eigenvalue weighted by atomic mass is 9.80. The van der Waals surface area contributed by atoms with Crippen molar-refractivity contribution in [2.24, 2.45) is 5.92 Å². The molecule has 1 saturated heterocycles. The largest absolute Gasteiger partial charge is 0.387 e. The maximum absolute atomic E-state index is 12.7. The zero-order valence-electron chi connectivity index (χ0n) is 18.1. The second-order valence-electron chi connectivity index (χ2n) is 7.95. The van der Waals surface area contributed by atoms with Gasteiger partial charge in [0.25, 0.3) is 10.1 Å². The van der Waals surface area contributed by atoms with Crippen LogP contribution in [0, 0.1) is 12.8 Å². The van der Waals surface area contributed by atoms with Gasteiger partial charge < -0.3 is 19.3 Å². The first kappa shape index (κ1) is 23.8. The molecule has 1 heterocycles. The van der Waals surface area contributed by atoms with E-state index in [9.17, 15) is 13.5 Å². The number of hydrogen-bond donors (Lipinski definition) is 1. The molecule has 8 heteroatoms. The summed E-state index contributed by atoms with van der Waals surface area (Å²) in [4.78, 5) is 0.0329. The number of aliphatic hydroxyl groups is 1. The molecule has 3 rings (SSSR count). The molecule has 4 atom stereocenters. The normalized spacial score (nSPS) is 26.6. The predicted molar refractivity (Wildman–Crippen MR) is 115 cm³/mol. The van der Waals surface area contributed by atoms with E-state index in [0.29, 0.717) is 19.6 Å². The van der Waals surface area contributed by atoms with Crippen LogP contribution in [0.1, 0.15) is 24.5 Å². The highest BCUT2D eigenvalue weighted by Crippen LogP contribution is 2.37. The third-order valence-electron chi connectivity index (χ3n) is 5.61. The number of methoxy groups -OCH3 is 1. The molecule has 31 heavy (non-hydrogen) atoms. The number of hydrogen-bond acceptors (Lipinski definition) is 7. The van der Waals surface area contributed by atoms with Crippen LogP contribution in [0.15, 0.2) is 59.5 Å². The first-order chi connectivity index (χ1) is 14.7. The molecule has 0 saturated carbocycles. The second kappa shape index (κ2) is 10.2. The molecule has 170 valence electrons. The second-order valence-corrected chi connectivity index (χ2v) is 9.52. The summed E-state index contributed by atoms with van der Waals surface area (Å²) < 4.78 is 47.7. The maximum atomic E-state index is 12.7. The first-order valence-electron chi connectivity index (χ1n) is 10.2. The highest BCUT2D eigenvalue weighted by atomic mass is 32.2. The Balaban J connectivity index is 1.66. The van der Waals surface area contributed by atoms with E-state index in [1.807, 2.05) is 37.3 Å². The molecule has 0 bridgehead atoms. The number of aryl methyl sites for hydroxylation is 1. The number of ether oxygens (including phenoxy) is 3. The molecule has 0 aromatic heterocycles. The van der Waals surface area contributed by atoms with Crippen molar-refractivity contribution in [1.82, 2.24) is 0 Å². The Hall–Kier alpha value is -1.81. The quantitative estimate of drug-likeness (QED) is 0.464. The lowest BCUT2D eigenvalue weighted by Crippen LogP contribution is -2.59. The fraction of sp³-hybridized carbons (Fsp3) is 0.478. The minimum absolute atomic E-state index is 0.0329. The van der Waals surface area contributed by atoms with E-state index in [1.165, 1.54) is 19.2 Å². The molecule has 0 spiro atoms. The van der Waals surface area contributed by atoms with Gasteiger partial charge in [0.2, 0.25) is 0 Å². The molecule has 1 fully saturated rings. The number of benzene rings is 2. The summed E-state index contributed by atoms with van der Waals surface area (Å²) in [5.41, 5.74) is 0.473. The Kier molecular flexibility index (Phi) is 7.85. The fourth-order valence-electron chi connectivity index (χ4n) is 3.66. The Morgan fingerprint density at radius 2 is 1.81 bits per heavy atom. The van der Waals surface area contributed by atoms with Gasteiger partial charge in [-0.15, -0.1) is 0 Å². The molecule has 0 amide bonds. The minimum atomic E-state index is -4.07. The topological polar surface area (TPSA) is 91.3 Å². The van der Waals surface area contributed by atoms with Crippen LogP contribution >= 0.6 is 0 Å². The van der Waals surface area contributed by atoms with Gasteiger partial charge in [-0.2, -0.15) is 8.42 Å². The van der Waals surface area contributed by atoms with Gasteiger partial charge in [-0.25, -0.2) is 0 Å². The zero-order chi connectivity index (χ0) is 22.5. The molecule has 2 aromatic rings. The Bertz CT molecular complexity index is 926. The van der Waals surface area contributed by atoms with Gasteiger partial charge in [0, 0.05) is 19.6 Å². The highest BCUT2D eigenvalue weighted by Gasteiger charge is 2.51. The fourth-order valence-corrected chi connectivity index (χ4v) is 4.79. The molecule has 0 aliphatic carbocycles. The van der Waals surface area contributed by atoms with Crippen molar-refractivity contribution in [3.05, 3.63) is 65.7 Å². The third kappa shape index (κ3) is 5.91. The van der Waals surface area contributed by atoms with E-state index >= 15 is 0 Å². The summed E-state index contributed by atoms with van der Waals surface area (Å²) in [6, 6.07) is 16.1. The average Bonchev–Trinajstić information content (AvgIpc) is 2.74. The van der Waals surface area contributed by atoms with Crippen LogP contribution in [0.4, 0.5) is 0 Å². The van der Waals surface area contributed by atoms with E-state index in [-0.39, 0.29) is 11.5 Å². The SMILES string of the molecule is CO[C@@H]1OC[C@@H](OS(=O)(=O)c2ccc(C)cc2)[C@@](C)(O)[C@H]1CCOCc1ccccc1. The standard InChI is InChI=1S/C23H30O7S/c1-17-9-11-19(12-10-17)31(25,26)30-21-16-29-22(27-3)20(23(21,2)24)13-14-28-15-18-7-5-4-6-8-18/h4-12,20-22,24H,13-16H2,1-3H3/t20-,21+,22+,23-/m0/s1. The van der Waals surface area contributed by atoms with Gasteiger partial charge in [0.15, 0.2) is 6.29 Å². The van der Waals surface area contributed by atoms with E-state index in [2.05, 4.69) is 0 Å². The van der Waals surface area contributed by atoms with Gasteiger partial charge in [-0.3, -0.25) is 4.18 Å². The van der Waals surface area contributed by atoms with Crippen molar-refractivity contribution in [2.45, 2.75) is 49.8 Å². The van der Waals surface area contributed by atoms with Crippen LogP contribution in [0.2, 0.25) is 0 Å². The Labute approximate surface area is 184 Å². The summed E-state index contributed by atoms with van der Waals surface area (Å²) in [6.45, 7) is 4.09. The van der Waals surface area contributed by atoms with E-state index in [1.54, 1.807) is 19.1 Å². The highest BCUT2D eigenvalue weighted by molar-refractivity contribution is 7.86. The summed E-state index contributed by atoms with van der Waals surface area (Å²) in [7, 11) is -2.58. The van der Waals surface area contributed by atoms with Crippen molar-refractivity contribution in [3.8, 4) is 0 Å². The van der Waals surface area contributed by atoms with Gasteiger partial charge in [-0.05, 0) is 38.0 Å².